The minimum atomic E-state index is -0.349. The Bertz CT molecular complexity index is 971. The summed E-state index contributed by atoms with van der Waals surface area (Å²) < 4.78 is 10.4. The number of ether oxygens (including phenoxy) is 2. The number of rotatable bonds is 6. The van der Waals surface area contributed by atoms with Gasteiger partial charge >= 0.3 is 0 Å². The number of nitrogens with zero attached hydrogens (tertiary/aromatic N) is 2. The molecule has 2 aromatic carbocycles. The molecule has 0 saturated carbocycles. The predicted molar refractivity (Wildman–Crippen MR) is 109 cm³/mol. The van der Waals surface area contributed by atoms with Crippen LogP contribution < -0.4 is 20.1 Å². The molecular weight excluding hydrogens is 380 g/mol. The molecule has 0 radical (unpaired) electrons. The van der Waals surface area contributed by atoms with Crippen LogP contribution in [0.1, 0.15) is 15.9 Å². The van der Waals surface area contributed by atoms with Crippen molar-refractivity contribution in [3.05, 3.63) is 64.7 Å². The predicted octanol–water partition coefficient (Wildman–Crippen LogP) is 4.45. The van der Waals surface area contributed by atoms with Gasteiger partial charge < -0.3 is 20.1 Å². The first-order valence-electron chi connectivity index (χ1n) is 8.40. The quantitative estimate of drug-likeness (QED) is 0.638. The second-order valence-electron chi connectivity index (χ2n) is 5.94. The van der Waals surface area contributed by atoms with E-state index in [4.69, 9.17) is 21.1 Å². The molecule has 3 aromatic rings. The Morgan fingerprint density at radius 3 is 2.18 bits per heavy atom. The Labute approximate surface area is 167 Å². The fourth-order valence-electron chi connectivity index (χ4n) is 2.46. The molecular formula is C20H19ClN4O3. The van der Waals surface area contributed by atoms with Crippen LogP contribution in [0.3, 0.4) is 0 Å². The third-order valence-electron chi connectivity index (χ3n) is 3.98. The summed E-state index contributed by atoms with van der Waals surface area (Å²) in [6.45, 7) is 1.96. The Morgan fingerprint density at radius 1 is 0.929 bits per heavy atom. The van der Waals surface area contributed by atoms with Gasteiger partial charge in [-0.3, -0.25) is 4.79 Å². The van der Waals surface area contributed by atoms with Crippen molar-refractivity contribution in [1.29, 1.82) is 0 Å². The van der Waals surface area contributed by atoms with Gasteiger partial charge in [0.25, 0.3) is 5.91 Å². The number of carbonyl (C=O) groups excluding carboxylic acids is 1. The van der Waals surface area contributed by atoms with Gasteiger partial charge in [0.1, 0.15) is 11.5 Å². The van der Waals surface area contributed by atoms with Gasteiger partial charge in [-0.15, -0.1) is 10.2 Å². The van der Waals surface area contributed by atoms with Gasteiger partial charge in [-0.05, 0) is 48.9 Å². The fraction of sp³-hybridized carbons (Fsp3) is 0.150. The smallest absolute Gasteiger partial charge is 0.257 e. The highest BCUT2D eigenvalue weighted by Crippen LogP contribution is 2.24. The van der Waals surface area contributed by atoms with Crippen LogP contribution in [0.5, 0.6) is 11.5 Å². The average molecular weight is 399 g/mol. The maximum atomic E-state index is 12.5. The summed E-state index contributed by atoms with van der Waals surface area (Å²) in [6.07, 6.45) is 0. The first kappa shape index (κ1) is 19.4. The van der Waals surface area contributed by atoms with E-state index < -0.39 is 0 Å². The number of carbonyl (C=O) groups is 1. The second kappa shape index (κ2) is 8.58. The van der Waals surface area contributed by atoms with Crippen LogP contribution in [-0.4, -0.2) is 30.3 Å². The lowest BCUT2D eigenvalue weighted by Crippen LogP contribution is -2.14. The van der Waals surface area contributed by atoms with E-state index >= 15 is 0 Å². The van der Waals surface area contributed by atoms with E-state index in [1.54, 1.807) is 30.3 Å². The highest BCUT2D eigenvalue weighted by Gasteiger charge is 2.11. The van der Waals surface area contributed by atoms with Crippen molar-refractivity contribution in [2.75, 3.05) is 24.9 Å². The number of amides is 1. The Morgan fingerprint density at radius 2 is 1.57 bits per heavy atom. The number of methoxy groups -OCH3 is 2. The minimum Gasteiger partial charge on any atom is -0.497 e. The zero-order chi connectivity index (χ0) is 20.1. The fourth-order valence-corrected chi connectivity index (χ4v) is 2.63. The van der Waals surface area contributed by atoms with Gasteiger partial charge in [0.05, 0.1) is 14.2 Å². The van der Waals surface area contributed by atoms with Crippen LogP contribution in [0.25, 0.3) is 0 Å². The minimum absolute atomic E-state index is 0.320. The van der Waals surface area contributed by atoms with E-state index in [0.29, 0.717) is 33.7 Å². The largest absolute Gasteiger partial charge is 0.497 e. The van der Waals surface area contributed by atoms with Gasteiger partial charge in [-0.1, -0.05) is 17.7 Å². The van der Waals surface area contributed by atoms with Gasteiger partial charge in [0.2, 0.25) is 0 Å². The summed E-state index contributed by atoms with van der Waals surface area (Å²) in [5, 5.41) is 14.6. The number of hydrogen-bond donors (Lipinski definition) is 2. The monoisotopic (exact) mass is 398 g/mol. The van der Waals surface area contributed by atoms with Crippen LogP contribution >= 0.6 is 11.6 Å². The molecule has 3 rings (SSSR count). The summed E-state index contributed by atoms with van der Waals surface area (Å²) in [4.78, 5) is 12.5. The number of nitrogens with one attached hydrogen (secondary N) is 2. The Hall–Kier alpha value is -3.32. The molecule has 0 atom stereocenters. The number of halogens is 1. The van der Waals surface area contributed by atoms with E-state index in [0.717, 1.165) is 11.3 Å². The van der Waals surface area contributed by atoms with Gasteiger partial charge in [-0.2, -0.15) is 0 Å². The topological polar surface area (TPSA) is 85.4 Å². The maximum absolute atomic E-state index is 12.5. The third kappa shape index (κ3) is 4.69. The van der Waals surface area contributed by atoms with Gasteiger partial charge in [-0.25, -0.2) is 0 Å². The lowest BCUT2D eigenvalue weighted by atomic mass is 10.2. The van der Waals surface area contributed by atoms with Crippen molar-refractivity contribution >= 4 is 34.8 Å². The number of aromatic nitrogens is 2. The van der Waals surface area contributed by atoms with Crippen molar-refractivity contribution in [2.24, 2.45) is 0 Å². The zero-order valence-electron chi connectivity index (χ0n) is 15.6. The molecule has 0 bridgehead atoms. The lowest BCUT2D eigenvalue weighted by Gasteiger charge is -2.10. The van der Waals surface area contributed by atoms with Gasteiger partial charge in [0, 0.05) is 22.3 Å². The number of hydrogen-bond acceptors (Lipinski definition) is 6. The molecule has 1 heterocycles. The van der Waals surface area contributed by atoms with Crippen molar-refractivity contribution in [2.45, 2.75) is 6.92 Å². The number of aryl methyl sites for hydroxylation is 1. The molecule has 8 heteroatoms. The summed E-state index contributed by atoms with van der Waals surface area (Å²) in [7, 11) is 3.05. The van der Waals surface area contributed by atoms with E-state index in [9.17, 15) is 4.79 Å². The standard InChI is InChI=1S/C20H19ClN4O3/c1-12-4-5-14(21)10-17(12)22-18-6-7-19(25-24-18)23-20(26)13-8-15(27-2)11-16(9-13)28-3/h4-11H,1-3H3,(H,22,24)(H,23,25,26). The summed E-state index contributed by atoms with van der Waals surface area (Å²) in [6, 6.07) is 13.8. The van der Waals surface area contributed by atoms with E-state index in [-0.39, 0.29) is 5.91 Å². The van der Waals surface area contributed by atoms with Crippen LogP contribution in [0.2, 0.25) is 5.02 Å². The molecule has 0 aliphatic heterocycles. The first-order valence-corrected chi connectivity index (χ1v) is 8.77. The average Bonchev–Trinajstić information content (AvgIpc) is 2.71. The zero-order valence-corrected chi connectivity index (χ0v) is 16.4. The molecule has 0 unspecified atom stereocenters. The van der Waals surface area contributed by atoms with Gasteiger partial charge in [0.15, 0.2) is 11.6 Å². The molecule has 0 aliphatic rings. The second-order valence-corrected chi connectivity index (χ2v) is 6.38. The molecule has 1 aromatic heterocycles. The number of benzene rings is 2. The normalized spacial score (nSPS) is 10.3. The first-order chi connectivity index (χ1) is 13.5. The lowest BCUT2D eigenvalue weighted by molar-refractivity contribution is 0.102. The number of anilines is 3. The van der Waals surface area contributed by atoms with Crippen molar-refractivity contribution in [1.82, 2.24) is 10.2 Å². The molecule has 1 amide bonds. The van der Waals surface area contributed by atoms with E-state index in [1.165, 1.54) is 14.2 Å². The third-order valence-corrected chi connectivity index (χ3v) is 4.22. The van der Waals surface area contributed by atoms with Crippen molar-refractivity contribution < 1.29 is 14.3 Å². The van der Waals surface area contributed by atoms with E-state index in [1.807, 2.05) is 25.1 Å². The summed E-state index contributed by atoms with van der Waals surface area (Å²) in [5.74, 6) is 1.54. The highest BCUT2D eigenvalue weighted by molar-refractivity contribution is 6.30. The molecule has 7 nitrogen and oxygen atoms in total. The highest BCUT2D eigenvalue weighted by atomic mass is 35.5. The maximum Gasteiger partial charge on any atom is 0.257 e. The Balaban J connectivity index is 1.72. The molecule has 0 aliphatic carbocycles. The Kier molecular flexibility index (Phi) is 5.96. The van der Waals surface area contributed by atoms with Crippen LogP contribution in [0.4, 0.5) is 17.3 Å². The summed E-state index contributed by atoms with van der Waals surface area (Å²) in [5.41, 5.74) is 2.24. The van der Waals surface area contributed by atoms with Crippen LogP contribution in [0.15, 0.2) is 48.5 Å². The van der Waals surface area contributed by atoms with Crippen molar-refractivity contribution in [3.63, 3.8) is 0 Å². The summed E-state index contributed by atoms with van der Waals surface area (Å²) >= 11 is 6.03. The van der Waals surface area contributed by atoms with Crippen LogP contribution in [0, 0.1) is 6.92 Å². The van der Waals surface area contributed by atoms with E-state index in [2.05, 4.69) is 20.8 Å². The molecule has 0 saturated heterocycles. The molecule has 0 spiro atoms. The molecule has 144 valence electrons. The molecule has 28 heavy (non-hydrogen) atoms. The van der Waals surface area contributed by atoms with Crippen LogP contribution in [-0.2, 0) is 0 Å². The molecule has 2 N–H and O–H groups in total. The van der Waals surface area contributed by atoms with Crippen molar-refractivity contribution in [3.8, 4) is 11.5 Å². The SMILES string of the molecule is COc1cc(OC)cc(C(=O)Nc2ccc(Nc3cc(Cl)ccc3C)nn2)c1. The molecule has 0 fully saturated rings.